The molecule has 0 saturated carbocycles. The SMILES string of the molecule is NC(N)=NCCCC(NC(=O)C(CO)NC(=O)C(N)Cc1cnc[nH]1)C(=O)NC(Cc1c[nH]c2ccccc12)C(=O)O. The molecule has 0 fully saturated rings. The van der Waals surface area contributed by atoms with E-state index in [1.165, 1.54) is 12.5 Å². The summed E-state index contributed by atoms with van der Waals surface area (Å²) in [7, 11) is 0. The molecular weight excluding hydrogens is 548 g/mol. The van der Waals surface area contributed by atoms with Crippen LogP contribution in [0.5, 0.6) is 0 Å². The highest BCUT2D eigenvalue weighted by atomic mass is 16.4. The maximum Gasteiger partial charge on any atom is 0.326 e. The molecule has 0 bridgehead atoms. The number of fused-ring (bicyclic) bond motifs is 1. The number of aliphatic hydroxyl groups is 1. The molecule has 0 aliphatic rings. The van der Waals surface area contributed by atoms with Crippen LogP contribution in [0.25, 0.3) is 10.9 Å². The highest BCUT2D eigenvalue weighted by Gasteiger charge is 2.30. The lowest BCUT2D eigenvalue weighted by Crippen LogP contribution is -2.58. The number of aliphatic hydroxyl groups excluding tert-OH is 1. The number of aliphatic imine (C=N–C) groups is 1. The Morgan fingerprint density at radius 3 is 2.31 bits per heavy atom. The minimum Gasteiger partial charge on any atom is -0.480 e. The van der Waals surface area contributed by atoms with E-state index in [0.29, 0.717) is 11.3 Å². The normalized spacial score (nSPS) is 13.9. The van der Waals surface area contributed by atoms with E-state index in [2.05, 4.69) is 35.9 Å². The Hall–Kier alpha value is -4.96. The van der Waals surface area contributed by atoms with Gasteiger partial charge in [0, 0.05) is 48.4 Å². The molecule has 16 nitrogen and oxygen atoms in total. The Bertz CT molecular complexity index is 1390. The third-order valence-electron chi connectivity index (χ3n) is 6.44. The van der Waals surface area contributed by atoms with Crippen LogP contribution in [0.3, 0.4) is 0 Å². The Morgan fingerprint density at radius 1 is 0.952 bits per heavy atom. The highest BCUT2D eigenvalue weighted by molar-refractivity contribution is 5.94. The van der Waals surface area contributed by atoms with E-state index < -0.39 is 54.5 Å². The molecule has 4 unspecified atom stereocenters. The summed E-state index contributed by atoms with van der Waals surface area (Å²) in [5.41, 5.74) is 18.7. The van der Waals surface area contributed by atoms with Gasteiger partial charge in [0.15, 0.2) is 5.96 Å². The smallest absolute Gasteiger partial charge is 0.326 e. The second-order valence-electron chi connectivity index (χ2n) is 9.60. The van der Waals surface area contributed by atoms with Gasteiger partial charge in [-0.2, -0.15) is 0 Å². The molecule has 3 rings (SSSR count). The van der Waals surface area contributed by atoms with Crippen LogP contribution in [-0.4, -0.2) is 92.1 Å². The van der Waals surface area contributed by atoms with Crippen molar-refractivity contribution in [3.8, 4) is 0 Å². The fourth-order valence-corrected chi connectivity index (χ4v) is 4.24. The van der Waals surface area contributed by atoms with E-state index in [1.807, 2.05) is 24.3 Å². The number of nitrogens with one attached hydrogen (secondary N) is 5. The molecule has 0 radical (unpaired) electrons. The lowest BCUT2D eigenvalue weighted by atomic mass is 10.0. The number of para-hydroxylation sites is 1. The van der Waals surface area contributed by atoms with Crippen LogP contribution in [-0.2, 0) is 32.0 Å². The molecule has 1 aromatic carbocycles. The molecule has 0 aliphatic heterocycles. The first kappa shape index (κ1) is 31.6. The predicted octanol–water partition coefficient (Wildman–Crippen LogP) is -2.41. The van der Waals surface area contributed by atoms with Gasteiger partial charge in [0.1, 0.15) is 18.1 Å². The number of imidazole rings is 1. The maximum absolute atomic E-state index is 13.3. The number of H-pyrrole nitrogens is 2. The van der Waals surface area contributed by atoms with Crippen LogP contribution < -0.4 is 33.2 Å². The molecule has 16 heteroatoms. The molecule has 3 aromatic rings. The molecule has 0 saturated heterocycles. The van der Waals surface area contributed by atoms with Crippen LogP contribution in [0.15, 0.2) is 48.0 Å². The third-order valence-corrected chi connectivity index (χ3v) is 6.44. The number of hydrogen-bond acceptors (Lipinski definition) is 8. The van der Waals surface area contributed by atoms with Crippen LogP contribution in [0.2, 0.25) is 0 Å². The van der Waals surface area contributed by atoms with Gasteiger partial charge in [0.2, 0.25) is 17.7 Å². The van der Waals surface area contributed by atoms with Crippen LogP contribution in [0.1, 0.15) is 24.1 Å². The topological polar surface area (TPSA) is 280 Å². The Morgan fingerprint density at radius 2 is 1.64 bits per heavy atom. The summed E-state index contributed by atoms with van der Waals surface area (Å²) >= 11 is 0. The molecule has 4 atom stereocenters. The van der Waals surface area contributed by atoms with Crippen LogP contribution in [0.4, 0.5) is 0 Å². The quantitative estimate of drug-likeness (QED) is 0.0483. The van der Waals surface area contributed by atoms with Gasteiger partial charge in [-0.3, -0.25) is 19.4 Å². The Kier molecular flexibility index (Phi) is 11.4. The van der Waals surface area contributed by atoms with Crippen molar-refractivity contribution in [3.63, 3.8) is 0 Å². The number of benzene rings is 1. The number of carboxylic acids is 1. The van der Waals surface area contributed by atoms with Crippen molar-refractivity contribution in [2.45, 2.75) is 49.9 Å². The fourth-order valence-electron chi connectivity index (χ4n) is 4.24. The van der Waals surface area contributed by atoms with Gasteiger partial charge < -0.3 is 53.3 Å². The van der Waals surface area contributed by atoms with E-state index in [1.54, 1.807) is 6.20 Å². The number of nitrogens with two attached hydrogens (primary N) is 3. The van der Waals surface area contributed by atoms with E-state index in [9.17, 15) is 29.4 Å². The van der Waals surface area contributed by atoms with Crippen molar-refractivity contribution in [2.75, 3.05) is 13.2 Å². The zero-order valence-electron chi connectivity index (χ0n) is 22.7. The molecule has 2 aromatic heterocycles. The summed E-state index contributed by atoms with van der Waals surface area (Å²) in [6, 6.07) is 2.30. The molecule has 3 amide bonds. The number of carboxylic acid groups (broad SMARTS) is 1. The number of carbonyl (C=O) groups is 4. The highest BCUT2D eigenvalue weighted by Crippen LogP contribution is 2.19. The molecule has 0 spiro atoms. The number of aromatic amines is 2. The zero-order chi connectivity index (χ0) is 30.6. The lowest BCUT2D eigenvalue weighted by Gasteiger charge is -2.24. The summed E-state index contributed by atoms with van der Waals surface area (Å²) in [5, 5.41) is 27.8. The van der Waals surface area contributed by atoms with Gasteiger partial charge in [-0.1, -0.05) is 18.2 Å². The molecule has 2 heterocycles. The second-order valence-corrected chi connectivity index (χ2v) is 9.60. The number of amides is 3. The van der Waals surface area contributed by atoms with Crippen molar-refractivity contribution >= 4 is 40.6 Å². The lowest BCUT2D eigenvalue weighted by molar-refractivity contribution is -0.142. The molecule has 226 valence electrons. The van der Waals surface area contributed by atoms with Gasteiger partial charge in [-0.25, -0.2) is 9.78 Å². The second kappa shape index (κ2) is 15.2. The maximum atomic E-state index is 13.3. The molecule has 0 aliphatic carbocycles. The number of hydrogen-bond donors (Lipinski definition) is 10. The summed E-state index contributed by atoms with van der Waals surface area (Å²) in [5.74, 6) is -3.79. The van der Waals surface area contributed by atoms with Gasteiger partial charge in [-0.15, -0.1) is 0 Å². The number of aromatic nitrogens is 3. The molecule has 42 heavy (non-hydrogen) atoms. The van der Waals surface area contributed by atoms with Crippen molar-refractivity contribution in [1.82, 2.24) is 30.9 Å². The van der Waals surface area contributed by atoms with Gasteiger partial charge in [0.05, 0.1) is 19.0 Å². The van der Waals surface area contributed by atoms with Crippen LogP contribution >= 0.6 is 0 Å². The zero-order valence-corrected chi connectivity index (χ0v) is 22.7. The first-order chi connectivity index (χ1) is 20.1. The van der Waals surface area contributed by atoms with Crippen LogP contribution in [0, 0.1) is 0 Å². The van der Waals surface area contributed by atoms with E-state index in [-0.39, 0.29) is 38.2 Å². The molecular formula is C26H36N10O6. The molecule has 13 N–H and O–H groups in total. The predicted molar refractivity (Wildman–Crippen MR) is 153 cm³/mol. The number of nitrogens with zero attached hydrogens (tertiary/aromatic N) is 2. The minimum absolute atomic E-state index is 0.0245. The number of carbonyl (C=O) groups excluding carboxylic acids is 3. The first-order valence-electron chi connectivity index (χ1n) is 13.2. The van der Waals surface area contributed by atoms with Gasteiger partial charge in [-0.05, 0) is 24.5 Å². The Labute approximate surface area is 240 Å². The standard InChI is InChI=1S/C26H36N10O6/c27-17(9-15-11-30-13-33-15)22(38)36-21(12-37)24(40)34-19(6-3-7-31-26(28)29)23(39)35-20(25(41)42)8-14-10-32-18-5-2-1-4-16(14)18/h1-2,4-5,10-11,13,17,19-21,32,37H,3,6-9,12,27H2,(H,30,33)(H,34,40)(H,35,39)(H,36,38)(H,41,42)(H4,28,29,31). The van der Waals surface area contributed by atoms with E-state index in [4.69, 9.17) is 17.2 Å². The third kappa shape index (κ3) is 9.03. The van der Waals surface area contributed by atoms with Crippen molar-refractivity contribution in [3.05, 3.63) is 54.2 Å². The summed E-state index contributed by atoms with van der Waals surface area (Å²) in [4.78, 5) is 64.5. The Balaban J connectivity index is 1.69. The van der Waals surface area contributed by atoms with E-state index >= 15 is 0 Å². The van der Waals surface area contributed by atoms with E-state index in [0.717, 1.165) is 10.9 Å². The van der Waals surface area contributed by atoms with Gasteiger partial charge in [0.25, 0.3) is 0 Å². The number of rotatable bonds is 16. The number of guanidine groups is 1. The first-order valence-corrected chi connectivity index (χ1v) is 13.2. The minimum atomic E-state index is -1.43. The van der Waals surface area contributed by atoms with Gasteiger partial charge >= 0.3 is 5.97 Å². The average Bonchev–Trinajstić information content (AvgIpc) is 3.62. The average molecular weight is 585 g/mol. The summed E-state index contributed by atoms with van der Waals surface area (Å²) in [6.07, 6.45) is 4.96. The largest absolute Gasteiger partial charge is 0.480 e. The number of aliphatic carboxylic acids is 1. The van der Waals surface area contributed by atoms with Crippen molar-refractivity contribution in [1.29, 1.82) is 0 Å². The van der Waals surface area contributed by atoms with Crippen molar-refractivity contribution < 1.29 is 29.4 Å². The summed E-state index contributed by atoms with van der Waals surface area (Å²) < 4.78 is 0. The van der Waals surface area contributed by atoms with Crippen molar-refractivity contribution in [2.24, 2.45) is 22.2 Å². The fraction of sp³-hybridized carbons (Fsp3) is 0.385. The summed E-state index contributed by atoms with van der Waals surface area (Å²) in [6.45, 7) is -0.642. The monoisotopic (exact) mass is 584 g/mol.